The van der Waals surface area contributed by atoms with Gasteiger partial charge >= 0.3 is 0 Å². The van der Waals surface area contributed by atoms with E-state index in [0.717, 1.165) is 18.0 Å². The van der Waals surface area contributed by atoms with E-state index in [4.69, 9.17) is 4.74 Å². The summed E-state index contributed by atoms with van der Waals surface area (Å²) in [4.78, 5) is 3.22. The zero-order valence-electron chi connectivity index (χ0n) is 9.58. The number of ether oxygens (including phenoxy) is 1. The molecule has 84 valence electrons. The van der Waals surface area contributed by atoms with Crippen LogP contribution in [0.2, 0.25) is 0 Å². The van der Waals surface area contributed by atoms with Crippen molar-refractivity contribution >= 4 is 0 Å². The molecule has 1 heterocycles. The van der Waals surface area contributed by atoms with Gasteiger partial charge in [-0.25, -0.2) is 0 Å². The third kappa shape index (κ3) is 2.09. The van der Waals surface area contributed by atoms with Crippen molar-refractivity contribution in [2.45, 2.75) is 6.54 Å². The summed E-state index contributed by atoms with van der Waals surface area (Å²) < 4.78 is 5.24. The normalized spacial score (nSPS) is 10.4. The van der Waals surface area contributed by atoms with Crippen molar-refractivity contribution in [3.8, 4) is 17.0 Å². The second-order valence-electron chi connectivity index (χ2n) is 3.64. The standard InChI is InChI=1S/C13H16N2O/c1-14-9-10-8-11(16-2)5-6-12(10)13-4-3-7-15-13/h3-8,14-15H,9H2,1-2H3. The number of aromatic nitrogens is 1. The Labute approximate surface area is 95.5 Å². The molecule has 0 saturated carbocycles. The third-order valence-electron chi connectivity index (χ3n) is 2.57. The van der Waals surface area contributed by atoms with Crippen LogP contribution in [0, 0.1) is 0 Å². The Morgan fingerprint density at radius 1 is 1.31 bits per heavy atom. The van der Waals surface area contributed by atoms with Gasteiger partial charge in [0.1, 0.15) is 5.75 Å². The van der Waals surface area contributed by atoms with Crippen LogP contribution >= 0.6 is 0 Å². The van der Waals surface area contributed by atoms with E-state index in [0.29, 0.717) is 0 Å². The van der Waals surface area contributed by atoms with Crippen LogP contribution in [-0.4, -0.2) is 19.1 Å². The molecule has 1 aromatic carbocycles. The molecule has 0 aliphatic heterocycles. The molecule has 0 radical (unpaired) electrons. The average molecular weight is 216 g/mol. The maximum absolute atomic E-state index is 5.24. The molecule has 16 heavy (non-hydrogen) atoms. The van der Waals surface area contributed by atoms with Crippen LogP contribution in [0.15, 0.2) is 36.5 Å². The minimum absolute atomic E-state index is 0.825. The van der Waals surface area contributed by atoms with Gasteiger partial charge in [-0.1, -0.05) is 0 Å². The third-order valence-corrected chi connectivity index (χ3v) is 2.57. The molecule has 2 rings (SSSR count). The van der Waals surface area contributed by atoms with E-state index in [2.05, 4.69) is 28.5 Å². The molecule has 3 heteroatoms. The average Bonchev–Trinajstić information content (AvgIpc) is 2.83. The molecule has 0 bridgehead atoms. The fraction of sp³-hybridized carbons (Fsp3) is 0.231. The van der Waals surface area contributed by atoms with Crippen LogP contribution in [0.25, 0.3) is 11.3 Å². The van der Waals surface area contributed by atoms with Crippen molar-refractivity contribution < 1.29 is 4.74 Å². The molecule has 0 fully saturated rings. The first kappa shape index (κ1) is 10.8. The Hall–Kier alpha value is -1.74. The van der Waals surface area contributed by atoms with Crippen molar-refractivity contribution in [3.05, 3.63) is 42.1 Å². The van der Waals surface area contributed by atoms with Gasteiger partial charge in [0.05, 0.1) is 7.11 Å². The summed E-state index contributed by atoms with van der Waals surface area (Å²) in [5.74, 6) is 0.889. The van der Waals surface area contributed by atoms with Crippen molar-refractivity contribution in [1.82, 2.24) is 10.3 Å². The first-order valence-corrected chi connectivity index (χ1v) is 5.30. The summed E-state index contributed by atoms with van der Waals surface area (Å²) in [5.41, 5.74) is 3.57. The molecular formula is C13H16N2O. The van der Waals surface area contributed by atoms with Gasteiger partial charge in [-0.15, -0.1) is 0 Å². The minimum atomic E-state index is 0.825. The molecule has 0 saturated heterocycles. The van der Waals surface area contributed by atoms with Gasteiger partial charge in [-0.05, 0) is 42.9 Å². The number of hydrogen-bond acceptors (Lipinski definition) is 2. The van der Waals surface area contributed by atoms with Gasteiger partial charge in [0.15, 0.2) is 0 Å². The van der Waals surface area contributed by atoms with E-state index < -0.39 is 0 Å². The van der Waals surface area contributed by atoms with Gasteiger partial charge in [0.2, 0.25) is 0 Å². The van der Waals surface area contributed by atoms with Gasteiger partial charge in [0.25, 0.3) is 0 Å². The Balaban J connectivity index is 2.44. The summed E-state index contributed by atoms with van der Waals surface area (Å²) in [6, 6.07) is 10.2. The summed E-state index contributed by atoms with van der Waals surface area (Å²) >= 11 is 0. The predicted octanol–water partition coefficient (Wildman–Crippen LogP) is 2.41. The number of benzene rings is 1. The molecule has 0 aliphatic carbocycles. The molecule has 0 aliphatic rings. The summed E-state index contributed by atoms with van der Waals surface area (Å²) in [6.07, 6.45) is 1.93. The van der Waals surface area contributed by atoms with Crippen molar-refractivity contribution in [1.29, 1.82) is 0 Å². The highest BCUT2D eigenvalue weighted by Gasteiger charge is 2.06. The predicted molar refractivity (Wildman–Crippen MR) is 65.5 cm³/mol. The molecule has 0 amide bonds. The van der Waals surface area contributed by atoms with Crippen LogP contribution in [0.3, 0.4) is 0 Å². The van der Waals surface area contributed by atoms with E-state index in [1.54, 1.807) is 7.11 Å². The van der Waals surface area contributed by atoms with E-state index in [1.165, 1.54) is 11.1 Å². The smallest absolute Gasteiger partial charge is 0.119 e. The van der Waals surface area contributed by atoms with Gasteiger partial charge < -0.3 is 15.0 Å². The lowest BCUT2D eigenvalue weighted by Gasteiger charge is -2.10. The van der Waals surface area contributed by atoms with Crippen molar-refractivity contribution in [2.24, 2.45) is 0 Å². The highest BCUT2D eigenvalue weighted by atomic mass is 16.5. The quantitative estimate of drug-likeness (QED) is 0.823. The van der Waals surface area contributed by atoms with Crippen LogP contribution in [0.5, 0.6) is 5.75 Å². The molecule has 2 N–H and O–H groups in total. The Kier molecular flexibility index (Phi) is 3.27. The first-order valence-electron chi connectivity index (χ1n) is 5.30. The largest absolute Gasteiger partial charge is 0.497 e. The number of methoxy groups -OCH3 is 1. The lowest BCUT2D eigenvalue weighted by molar-refractivity contribution is 0.414. The maximum Gasteiger partial charge on any atom is 0.119 e. The van der Waals surface area contributed by atoms with Crippen LogP contribution in [0.1, 0.15) is 5.56 Å². The van der Waals surface area contributed by atoms with Crippen LogP contribution in [-0.2, 0) is 6.54 Å². The number of nitrogens with one attached hydrogen (secondary N) is 2. The van der Waals surface area contributed by atoms with E-state index >= 15 is 0 Å². The van der Waals surface area contributed by atoms with E-state index in [-0.39, 0.29) is 0 Å². The topological polar surface area (TPSA) is 37.0 Å². The zero-order chi connectivity index (χ0) is 11.4. The lowest BCUT2D eigenvalue weighted by atomic mass is 10.0. The number of rotatable bonds is 4. The van der Waals surface area contributed by atoms with E-state index in [1.807, 2.05) is 25.4 Å². The fourth-order valence-electron chi connectivity index (χ4n) is 1.79. The van der Waals surface area contributed by atoms with E-state index in [9.17, 15) is 0 Å². The fourth-order valence-corrected chi connectivity index (χ4v) is 1.79. The second-order valence-corrected chi connectivity index (χ2v) is 3.64. The van der Waals surface area contributed by atoms with Crippen molar-refractivity contribution in [3.63, 3.8) is 0 Å². The summed E-state index contributed by atoms with van der Waals surface area (Å²) in [5, 5.41) is 3.17. The summed E-state index contributed by atoms with van der Waals surface area (Å²) in [7, 11) is 3.63. The molecule has 3 nitrogen and oxygen atoms in total. The second kappa shape index (κ2) is 4.86. The molecule has 1 aromatic heterocycles. The monoisotopic (exact) mass is 216 g/mol. The van der Waals surface area contributed by atoms with Gasteiger partial charge in [0, 0.05) is 24.0 Å². The van der Waals surface area contributed by atoms with Crippen LogP contribution in [0.4, 0.5) is 0 Å². The highest BCUT2D eigenvalue weighted by Crippen LogP contribution is 2.26. The lowest BCUT2D eigenvalue weighted by Crippen LogP contribution is -2.06. The Bertz CT molecular complexity index is 449. The number of hydrogen-bond donors (Lipinski definition) is 2. The summed E-state index contributed by atoms with van der Waals surface area (Å²) in [6.45, 7) is 0.825. The number of aromatic amines is 1. The number of H-pyrrole nitrogens is 1. The first-order chi connectivity index (χ1) is 7.85. The molecular weight excluding hydrogens is 200 g/mol. The Morgan fingerprint density at radius 2 is 2.19 bits per heavy atom. The van der Waals surface area contributed by atoms with Gasteiger partial charge in [-0.3, -0.25) is 0 Å². The maximum atomic E-state index is 5.24. The van der Waals surface area contributed by atoms with Crippen molar-refractivity contribution in [2.75, 3.05) is 14.2 Å². The molecule has 2 aromatic rings. The zero-order valence-corrected chi connectivity index (χ0v) is 9.58. The minimum Gasteiger partial charge on any atom is -0.497 e. The molecule has 0 unspecified atom stereocenters. The highest BCUT2D eigenvalue weighted by molar-refractivity contribution is 5.65. The van der Waals surface area contributed by atoms with Gasteiger partial charge in [-0.2, -0.15) is 0 Å². The molecule has 0 atom stereocenters. The Morgan fingerprint density at radius 3 is 2.81 bits per heavy atom. The molecule has 0 spiro atoms. The van der Waals surface area contributed by atoms with Crippen LogP contribution < -0.4 is 10.1 Å². The SMILES string of the molecule is CNCc1cc(OC)ccc1-c1ccc[nH]1.